The van der Waals surface area contributed by atoms with Crippen molar-refractivity contribution in [2.24, 2.45) is 0 Å². The fraction of sp³-hybridized carbons (Fsp3) is 0.632. The third-order valence-electron chi connectivity index (χ3n) is 4.76. The second-order valence-corrected chi connectivity index (χ2v) is 10.2. The summed E-state index contributed by atoms with van der Waals surface area (Å²) in [5, 5.41) is 3.50. The van der Waals surface area contributed by atoms with Gasteiger partial charge in [0.1, 0.15) is 0 Å². The third kappa shape index (κ3) is 6.28. The molecule has 0 spiro atoms. The molecule has 0 aliphatic heterocycles. The maximum absolute atomic E-state index is 12.7. The average Bonchev–Trinajstić information content (AvgIpc) is 2.71. The number of carbonyl (C=O) groups is 1. The topological polar surface area (TPSA) is 84.9 Å². The summed E-state index contributed by atoms with van der Waals surface area (Å²) in [6.45, 7) is 0.315. The fourth-order valence-electron chi connectivity index (χ4n) is 3.15. The van der Waals surface area contributed by atoms with E-state index in [2.05, 4.69) is 5.32 Å². The zero-order valence-electron chi connectivity index (χ0n) is 16.8. The number of amides is 1. The van der Waals surface area contributed by atoms with E-state index in [-0.39, 0.29) is 17.3 Å². The summed E-state index contributed by atoms with van der Waals surface area (Å²) in [5.74, 6) is 1.30. The second kappa shape index (κ2) is 10.9. The second-order valence-electron chi connectivity index (χ2n) is 6.76. The molecule has 1 saturated carbocycles. The lowest BCUT2D eigenvalue weighted by atomic mass is 10.0. The Morgan fingerprint density at radius 3 is 2.50 bits per heavy atom. The van der Waals surface area contributed by atoms with Crippen molar-refractivity contribution in [1.82, 2.24) is 9.62 Å². The zero-order valence-corrected chi connectivity index (χ0v) is 18.4. The van der Waals surface area contributed by atoms with Crippen LogP contribution in [0.25, 0.3) is 0 Å². The first-order chi connectivity index (χ1) is 13.4. The van der Waals surface area contributed by atoms with E-state index in [0.29, 0.717) is 23.3 Å². The van der Waals surface area contributed by atoms with E-state index >= 15 is 0 Å². The number of hydrogen-bond donors (Lipinski definition) is 1. The number of ether oxygens (including phenoxy) is 2. The van der Waals surface area contributed by atoms with Gasteiger partial charge in [0.25, 0.3) is 0 Å². The summed E-state index contributed by atoms with van der Waals surface area (Å²) in [5.41, 5.74) is 0. The van der Waals surface area contributed by atoms with E-state index in [4.69, 9.17) is 9.47 Å². The van der Waals surface area contributed by atoms with Crippen molar-refractivity contribution < 1.29 is 22.7 Å². The molecule has 2 rings (SSSR count). The Labute approximate surface area is 172 Å². The Balaban J connectivity index is 1.84. The van der Waals surface area contributed by atoms with Crippen LogP contribution in [0.1, 0.15) is 32.1 Å². The van der Waals surface area contributed by atoms with Gasteiger partial charge in [-0.25, -0.2) is 8.42 Å². The van der Waals surface area contributed by atoms with Crippen LogP contribution in [-0.2, 0) is 14.8 Å². The number of sulfonamides is 1. The molecule has 1 aliphatic carbocycles. The standard InChI is InChI=1S/C19H30N2O5S2/c1-21(14-19(22)20-11-12-27-15-7-5-4-6-8-15)28(23,24)16-9-10-17(25-2)18(13-16)26-3/h9-10,13,15H,4-8,11-12,14H2,1-3H3,(H,20,22). The Bertz CT molecular complexity index is 749. The van der Waals surface area contributed by atoms with Gasteiger partial charge in [-0.2, -0.15) is 16.1 Å². The minimum absolute atomic E-state index is 0.0494. The molecular weight excluding hydrogens is 400 g/mol. The molecule has 0 saturated heterocycles. The van der Waals surface area contributed by atoms with Crippen molar-refractivity contribution in [2.75, 3.05) is 40.1 Å². The van der Waals surface area contributed by atoms with Crippen LogP contribution in [0.4, 0.5) is 0 Å². The monoisotopic (exact) mass is 430 g/mol. The first kappa shape index (κ1) is 22.8. The first-order valence-corrected chi connectivity index (χ1v) is 11.9. The Hall–Kier alpha value is -1.45. The molecule has 0 aromatic heterocycles. The molecule has 28 heavy (non-hydrogen) atoms. The first-order valence-electron chi connectivity index (χ1n) is 9.45. The van der Waals surface area contributed by atoms with Crippen molar-refractivity contribution in [3.05, 3.63) is 18.2 Å². The van der Waals surface area contributed by atoms with Crippen LogP contribution >= 0.6 is 11.8 Å². The van der Waals surface area contributed by atoms with Gasteiger partial charge in [-0.15, -0.1) is 0 Å². The molecule has 1 aromatic rings. The smallest absolute Gasteiger partial charge is 0.243 e. The highest BCUT2D eigenvalue weighted by atomic mass is 32.2. The summed E-state index contributed by atoms with van der Waals surface area (Å²) < 4.78 is 36.8. The molecular formula is C19H30N2O5S2. The lowest BCUT2D eigenvalue weighted by Crippen LogP contribution is -2.39. The van der Waals surface area contributed by atoms with Crippen LogP contribution in [0.15, 0.2) is 23.1 Å². The number of likely N-dealkylation sites (N-methyl/N-ethyl adjacent to an activating group) is 1. The highest BCUT2D eigenvalue weighted by Crippen LogP contribution is 2.30. The summed E-state index contributed by atoms with van der Waals surface area (Å²) >= 11 is 1.90. The molecule has 1 amide bonds. The number of carbonyl (C=O) groups excluding carboxylic acids is 1. The van der Waals surface area contributed by atoms with E-state index in [0.717, 1.165) is 10.1 Å². The van der Waals surface area contributed by atoms with Crippen molar-refractivity contribution in [3.8, 4) is 11.5 Å². The largest absolute Gasteiger partial charge is 0.493 e. The van der Waals surface area contributed by atoms with E-state index in [9.17, 15) is 13.2 Å². The molecule has 0 unspecified atom stereocenters. The van der Waals surface area contributed by atoms with Crippen LogP contribution in [0.2, 0.25) is 0 Å². The van der Waals surface area contributed by atoms with E-state index in [1.54, 1.807) is 0 Å². The van der Waals surface area contributed by atoms with Crippen LogP contribution in [0, 0.1) is 0 Å². The van der Waals surface area contributed by atoms with Crippen LogP contribution < -0.4 is 14.8 Å². The number of rotatable bonds is 10. The minimum atomic E-state index is -3.81. The molecule has 0 bridgehead atoms. The van der Waals surface area contributed by atoms with Gasteiger partial charge in [0, 0.05) is 30.7 Å². The Morgan fingerprint density at radius 2 is 1.86 bits per heavy atom. The van der Waals surface area contributed by atoms with E-state index < -0.39 is 10.0 Å². The van der Waals surface area contributed by atoms with Crippen LogP contribution in [-0.4, -0.2) is 64.0 Å². The Kier molecular flexibility index (Phi) is 8.91. The maximum atomic E-state index is 12.7. The zero-order chi connectivity index (χ0) is 20.6. The predicted molar refractivity (Wildman–Crippen MR) is 112 cm³/mol. The summed E-state index contributed by atoms with van der Waals surface area (Å²) in [6, 6.07) is 4.36. The van der Waals surface area contributed by atoms with Crippen molar-refractivity contribution in [3.63, 3.8) is 0 Å². The summed E-state index contributed by atoms with van der Waals surface area (Å²) in [6.07, 6.45) is 6.43. The fourth-order valence-corrected chi connectivity index (χ4v) is 5.51. The van der Waals surface area contributed by atoms with Gasteiger partial charge < -0.3 is 14.8 Å². The number of nitrogens with zero attached hydrogens (tertiary/aromatic N) is 1. The molecule has 0 atom stereocenters. The quantitative estimate of drug-likeness (QED) is 0.574. The van der Waals surface area contributed by atoms with Gasteiger partial charge in [-0.1, -0.05) is 19.3 Å². The van der Waals surface area contributed by atoms with Gasteiger partial charge in [0.2, 0.25) is 15.9 Å². The van der Waals surface area contributed by atoms with Gasteiger partial charge >= 0.3 is 0 Å². The third-order valence-corrected chi connectivity index (χ3v) is 7.94. The normalized spacial score (nSPS) is 15.4. The SMILES string of the molecule is COc1ccc(S(=O)(=O)N(C)CC(=O)NCCSC2CCCCC2)cc1OC. The molecule has 9 heteroatoms. The van der Waals surface area contributed by atoms with Crippen molar-refractivity contribution >= 4 is 27.7 Å². The molecule has 1 fully saturated rings. The number of methoxy groups -OCH3 is 2. The van der Waals surface area contributed by atoms with Crippen molar-refractivity contribution in [1.29, 1.82) is 0 Å². The van der Waals surface area contributed by atoms with Gasteiger partial charge in [0.05, 0.1) is 25.7 Å². The number of hydrogen-bond acceptors (Lipinski definition) is 6. The predicted octanol–water partition coefficient (Wildman–Crippen LogP) is 2.51. The molecule has 158 valence electrons. The molecule has 0 radical (unpaired) electrons. The van der Waals surface area contributed by atoms with E-state index in [1.165, 1.54) is 71.6 Å². The number of benzene rings is 1. The van der Waals surface area contributed by atoms with Gasteiger partial charge in [0.15, 0.2) is 11.5 Å². The number of thioether (sulfide) groups is 1. The molecule has 1 aliphatic rings. The molecule has 1 N–H and O–H groups in total. The Morgan fingerprint density at radius 1 is 1.18 bits per heavy atom. The lowest BCUT2D eigenvalue weighted by Gasteiger charge is -2.21. The molecule has 0 heterocycles. The maximum Gasteiger partial charge on any atom is 0.243 e. The molecule has 1 aromatic carbocycles. The van der Waals surface area contributed by atoms with Crippen LogP contribution in [0.5, 0.6) is 11.5 Å². The molecule has 7 nitrogen and oxygen atoms in total. The van der Waals surface area contributed by atoms with Crippen LogP contribution in [0.3, 0.4) is 0 Å². The summed E-state index contributed by atoms with van der Waals surface area (Å²) in [7, 11) is 0.506. The lowest BCUT2D eigenvalue weighted by molar-refractivity contribution is -0.121. The highest BCUT2D eigenvalue weighted by Gasteiger charge is 2.24. The number of nitrogens with one attached hydrogen (secondary N) is 1. The van der Waals surface area contributed by atoms with E-state index in [1.807, 2.05) is 11.8 Å². The highest BCUT2D eigenvalue weighted by molar-refractivity contribution is 7.99. The average molecular weight is 431 g/mol. The van der Waals surface area contributed by atoms with Gasteiger partial charge in [-0.05, 0) is 25.0 Å². The minimum Gasteiger partial charge on any atom is -0.493 e. The van der Waals surface area contributed by atoms with Crippen molar-refractivity contribution in [2.45, 2.75) is 42.2 Å². The summed E-state index contributed by atoms with van der Waals surface area (Å²) in [4.78, 5) is 12.2. The van der Waals surface area contributed by atoms with Gasteiger partial charge in [-0.3, -0.25) is 4.79 Å².